The summed E-state index contributed by atoms with van der Waals surface area (Å²) in [6.45, 7) is 6.98. The fourth-order valence-corrected chi connectivity index (χ4v) is 3.42. The lowest BCUT2D eigenvalue weighted by Gasteiger charge is -2.19. The second-order valence-electron chi connectivity index (χ2n) is 5.75. The minimum atomic E-state index is -0.539. The number of hydrogen-bond donors (Lipinski definition) is 1. The van der Waals surface area contributed by atoms with Gasteiger partial charge < -0.3 is 4.74 Å². The largest absolute Gasteiger partial charge is 0.444 e. The number of ether oxygens (including phenoxy) is 1. The van der Waals surface area contributed by atoms with Crippen LogP contribution in [0.15, 0.2) is 17.5 Å². The van der Waals surface area contributed by atoms with Crippen LogP contribution in [0, 0.1) is 0 Å². The van der Waals surface area contributed by atoms with E-state index in [1.165, 1.54) is 22.7 Å². The first kappa shape index (κ1) is 16.6. The predicted octanol–water partition coefficient (Wildman–Crippen LogP) is 4.35. The summed E-state index contributed by atoms with van der Waals surface area (Å²) in [5, 5.41) is 5.27. The second kappa shape index (κ2) is 6.58. The number of ketones is 1. The third kappa shape index (κ3) is 4.92. The number of thiazole rings is 1. The molecule has 0 spiro atoms. The van der Waals surface area contributed by atoms with Gasteiger partial charge >= 0.3 is 6.09 Å². The van der Waals surface area contributed by atoms with Crippen molar-refractivity contribution in [1.82, 2.24) is 4.98 Å². The van der Waals surface area contributed by atoms with Gasteiger partial charge in [-0.3, -0.25) is 10.1 Å². The van der Waals surface area contributed by atoms with Gasteiger partial charge in [0.15, 0.2) is 5.78 Å². The number of thiophene rings is 1. The van der Waals surface area contributed by atoms with Crippen molar-refractivity contribution in [2.24, 2.45) is 0 Å². The lowest BCUT2D eigenvalue weighted by molar-refractivity contribution is 0.0635. The molecule has 0 aliphatic carbocycles. The first-order chi connectivity index (χ1) is 10.2. The first-order valence-corrected chi connectivity index (χ1v) is 8.46. The lowest BCUT2D eigenvalue weighted by Crippen LogP contribution is -2.27. The molecule has 0 unspecified atom stereocenters. The van der Waals surface area contributed by atoms with Crippen molar-refractivity contribution in [3.8, 4) is 0 Å². The van der Waals surface area contributed by atoms with Gasteiger partial charge in [-0.05, 0) is 39.8 Å². The summed E-state index contributed by atoms with van der Waals surface area (Å²) in [7, 11) is 0. The van der Waals surface area contributed by atoms with Crippen molar-refractivity contribution in [3.05, 3.63) is 32.3 Å². The average Bonchev–Trinajstić information content (AvgIpc) is 2.97. The van der Waals surface area contributed by atoms with Crippen LogP contribution in [0.2, 0.25) is 0 Å². The molecule has 22 heavy (non-hydrogen) atoms. The Bertz CT molecular complexity index is 683. The molecule has 118 valence electrons. The smallest absolute Gasteiger partial charge is 0.413 e. The van der Waals surface area contributed by atoms with Crippen LogP contribution in [-0.2, 0) is 11.2 Å². The summed E-state index contributed by atoms with van der Waals surface area (Å²) in [6, 6.07) is 3.76. The number of Topliss-reactive ketones (excluding diaryl/α,β-unsaturated/α-hetero) is 1. The van der Waals surface area contributed by atoms with Crippen LogP contribution < -0.4 is 5.32 Å². The van der Waals surface area contributed by atoms with Crippen molar-refractivity contribution in [3.63, 3.8) is 0 Å². The maximum atomic E-state index is 11.7. The van der Waals surface area contributed by atoms with Crippen LogP contribution in [0.4, 0.5) is 10.6 Å². The Morgan fingerprint density at radius 1 is 1.32 bits per heavy atom. The molecule has 1 N–H and O–H groups in total. The topological polar surface area (TPSA) is 68.3 Å². The third-order valence-electron chi connectivity index (χ3n) is 2.51. The van der Waals surface area contributed by atoms with Crippen molar-refractivity contribution < 1.29 is 14.3 Å². The van der Waals surface area contributed by atoms with E-state index >= 15 is 0 Å². The molecule has 0 saturated carbocycles. The maximum absolute atomic E-state index is 11.7. The molecule has 5 nitrogen and oxygen atoms in total. The minimum absolute atomic E-state index is 0.0719. The zero-order valence-corrected chi connectivity index (χ0v) is 14.6. The van der Waals surface area contributed by atoms with Crippen molar-refractivity contribution in [1.29, 1.82) is 0 Å². The molecule has 0 fully saturated rings. The monoisotopic (exact) mass is 338 g/mol. The van der Waals surface area contributed by atoms with E-state index in [-0.39, 0.29) is 5.78 Å². The number of anilines is 1. The Labute approximate surface area is 137 Å². The number of carbonyl (C=O) groups is 2. The normalized spacial score (nSPS) is 11.3. The summed E-state index contributed by atoms with van der Waals surface area (Å²) >= 11 is 2.93. The van der Waals surface area contributed by atoms with Crippen LogP contribution in [-0.4, -0.2) is 22.5 Å². The first-order valence-electron chi connectivity index (χ1n) is 6.77. The molecule has 2 rings (SSSR count). The van der Waals surface area contributed by atoms with Crippen LogP contribution >= 0.6 is 22.7 Å². The zero-order chi connectivity index (χ0) is 16.3. The zero-order valence-electron chi connectivity index (χ0n) is 12.9. The van der Waals surface area contributed by atoms with Gasteiger partial charge in [0.25, 0.3) is 0 Å². The van der Waals surface area contributed by atoms with E-state index in [1.54, 1.807) is 12.3 Å². The number of carbonyl (C=O) groups excluding carboxylic acids is 2. The Balaban J connectivity index is 1.96. The summed E-state index contributed by atoms with van der Waals surface area (Å²) in [6.07, 6.45) is 0.137. The maximum Gasteiger partial charge on any atom is 0.413 e. The molecule has 2 heterocycles. The van der Waals surface area contributed by atoms with E-state index < -0.39 is 11.7 Å². The molecule has 7 heteroatoms. The summed E-state index contributed by atoms with van der Waals surface area (Å²) in [4.78, 5) is 29.1. The quantitative estimate of drug-likeness (QED) is 0.842. The minimum Gasteiger partial charge on any atom is -0.444 e. The fourth-order valence-electron chi connectivity index (χ4n) is 1.67. The van der Waals surface area contributed by atoms with E-state index in [0.29, 0.717) is 12.2 Å². The molecule has 0 bridgehead atoms. The molecule has 0 saturated heterocycles. The van der Waals surface area contributed by atoms with Gasteiger partial charge in [0.2, 0.25) is 0 Å². The van der Waals surface area contributed by atoms with Gasteiger partial charge in [0, 0.05) is 16.7 Å². The van der Waals surface area contributed by atoms with Gasteiger partial charge in [-0.15, -0.1) is 22.7 Å². The van der Waals surface area contributed by atoms with Crippen molar-refractivity contribution in [2.45, 2.75) is 39.7 Å². The molecule has 2 aromatic heterocycles. The number of nitrogens with zero attached hydrogens (tertiary/aromatic N) is 1. The van der Waals surface area contributed by atoms with Gasteiger partial charge in [-0.1, -0.05) is 0 Å². The molecule has 0 atom stereocenters. The molecule has 1 amide bonds. The summed E-state index contributed by atoms with van der Waals surface area (Å²) in [5.41, 5.74) is -0.539. The third-order valence-corrected chi connectivity index (χ3v) is 4.55. The molecule has 0 aliphatic heterocycles. The highest BCUT2D eigenvalue weighted by atomic mass is 32.1. The molecule has 0 aliphatic rings. The van der Waals surface area contributed by atoms with Crippen molar-refractivity contribution >= 4 is 40.4 Å². The SMILES string of the molecule is CC(=O)c1ccc(Cc2nc(NC(=O)OC(C)(C)C)cs2)s1. The van der Waals surface area contributed by atoms with E-state index in [4.69, 9.17) is 4.74 Å². The van der Waals surface area contributed by atoms with E-state index in [0.717, 1.165) is 14.8 Å². The second-order valence-corrected chi connectivity index (χ2v) is 7.86. The number of nitrogens with one attached hydrogen (secondary N) is 1. The molecule has 0 radical (unpaired) electrons. The Morgan fingerprint density at radius 2 is 2.05 bits per heavy atom. The predicted molar refractivity (Wildman–Crippen MR) is 89.1 cm³/mol. The molecular weight excluding hydrogens is 320 g/mol. The molecule has 2 aromatic rings. The Morgan fingerprint density at radius 3 is 2.64 bits per heavy atom. The standard InChI is InChI=1S/C15H18N2O3S2/c1-9(18)11-6-5-10(22-11)7-13-16-12(8-21-13)17-14(19)20-15(2,3)4/h5-6,8H,7H2,1-4H3,(H,17,19). The fraction of sp³-hybridized carbons (Fsp3) is 0.400. The molecule has 0 aromatic carbocycles. The van der Waals surface area contributed by atoms with Crippen LogP contribution in [0.1, 0.15) is 47.3 Å². The summed E-state index contributed by atoms with van der Waals surface area (Å²) in [5.74, 6) is 0.556. The highest BCUT2D eigenvalue weighted by Gasteiger charge is 2.17. The van der Waals surface area contributed by atoms with E-state index in [2.05, 4.69) is 10.3 Å². The van der Waals surface area contributed by atoms with Crippen LogP contribution in [0.25, 0.3) is 0 Å². The number of rotatable bonds is 4. The van der Waals surface area contributed by atoms with Crippen LogP contribution in [0.3, 0.4) is 0 Å². The van der Waals surface area contributed by atoms with Gasteiger partial charge in [0.1, 0.15) is 16.4 Å². The van der Waals surface area contributed by atoms with E-state index in [1.807, 2.05) is 32.9 Å². The Hall–Kier alpha value is -1.73. The van der Waals surface area contributed by atoms with Gasteiger partial charge in [-0.25, -0.2) is 9.78 Å². The lowest BCUT2D eigenvalue weighted by atomic mass is 10.2. The van der Waals surface area contributed by atoms with E-state index in [9.17, 15) is 9.59 Å². The Kier molecular flexibility index (Phi) is 4.97. The highest BCUT2D eigenvalue weighted by Crippen LogP contribution is 2.23. The highest BCUT2D eigenvalue weighted by molar-refractivity contribution is 7.14. The number of hydrogen-bond acceptors (Lipinski definition) is 6. The van der Waals surface area contributed by atoms with Crippen LogP contribution in [0.5, 0.6) is 0 Å². The number of amides is 1. The molecular formula is C15H18N2O3S2. The number of aromatic nitrogens is 1. The summed E-state index contributed by atoms with van der Waals surface area (Å²) < 4.78 is 5.18. The van der Waals surface area contributed by atoms with Crippen molar-refractivity contribution in [2.75, 3.05) is 5.32 Å². The average molecular weight is 338 g/mol. The van der Waals surface area contributed by atoms with Gasteiger partial charge in [-0.2, -0.15) is 0 Å². The van der Waals surface area contributed by atoms with Gasteiger partial charge in [0.05, 0.1) is 4.88 Å².